The summed E-state index contributed by atoms with van der Waals surface area (Å²) in [7, 11) is 0. The van der Waals surface area contributed by atoms with Crippen molar-refractivity contribution in [3.63, 3.8) is 0 Å². The maximum atomic E-state index is 12.1. The van der Waals surface area contributed by atoms with Crippen LogP contribution in [0.25, 0.3) is 20.8 Å². The first-order chi connectivity index (χ1) is 19.4. The molecule has 4 aromatic rings. The Hall–Kier alpha value is -3.76. The number of aryl methyl sites for hydroxylation is 1. The molecule has 1 fully saturated rings. The number of aliphatic hydroxyl groups excluding tert-OH is 1. The number of aromatic nitrogens is 3. The number of aliphatic hydroxyl groups is 1. The predicted molar refractivity (Wildman–Crippen MR) is 160 cm³/mol. The highest BCUT2D eigenvalue weighted by Gasteiger charge is 2.43. The van der Waals surface area contributed by atoms with E-state index in [1.54, 1.807) is 11.3 Å². The van der Waals surface area contributed by atoms with Gasteiger partial charge in [-0.15, -0.1) is 11.3 Å². The zero-order valence-corrected chi connectivity index (χ0v) is 23.9. The Balaban J connectivity index is 1.31. The van der Waals surface area contributed by atoms with Gasteiger partial charge in [-0.25, -0.2) is 14.8 Å². The van der Waals surface area contributed by atoms with Crippen molar-refractivity contribution in [3.05, 3.63) is 65.9 Å². The summed E-state index contributed by atoms with van der Waals surface area (Å²) in [5, 5.41) is 20.5. The van der Waals surface area contributed by atoms with Crippen LogP contribution in [0.2, 0.25) is 0 Å². The summed E-state index contributed by atoms with van der Waals surface area (Å²) in [4.78, 5) is 26.6. The predicted octanol–water partition coefficient (Wildman–Crippen LogP) is 5.61. The van der Waals surface area contributed by atoms with Gasteiger partial charge in [0.05, 0.1) is 21.5 Å². The molecule has 40 heavy (non-hydrogen) atoms. The van der Waals surface area contributed by atoms with Crippen molar-refractivity contribution < 1.29 is 14.6 Å². The molecule has 1 aliphatic rings. The third kappa shape index (κ3) is 6.18. The van der Waals surface area contributed by atoms with Crippen molar-refractivity contribution in [2.45, 2.75) is 45.8 Å². The minimum Gasteiger partial charge on any atom is -0.445 e. The molecule has 0 spiro atoms. The minimum absolute atomic E-state index is 0.180. The smallest absolute Gasteiger partial charge is 0.407 e. The highest BCUT2D eigenvalue weighted by Crippen LogP contribution is 2.44. The summed E-state index contributed by atoms with van der Waals surface area (Å²) >= 11 is 1.62. The van der Waals surface area contributed by atoms with E-state index >= 15 is 0 Å². The number of rotatable bonds is 10. The first-order valence-corrected chi connectivity index (χ1v) is 14.5. The molecule has 1 amide bonds. The third-order valence-electron chi connectivity index (χ3n) is 7.87. The molecule has 4 N–H and O–H groups in total. The van der Waals surface area contributed by atoms with Gasteiger partial charge >= 0.3 is 6.09 Å². The van der Waals surface area contributed by atoms with Crippen molar-refractivity contribution in [2.75, 3.05) is 30.3 Å². The Morgan fingerprint density at radius 3 is 2.62 bits per heavy atom. The fourth-order valence-electron chi connectivity index (χ4n) is 5.27. The topological polar surface area (TPSA) is 121 Å². The largest absolute Gasteiger partial charge is 0.445 e. The van der Waals surface area contributed by atoms with Crippen LogP contribution >= 0.6 is 11.3 Å². The van der Waals surface area contributed by atoms with Crippen molar-refractivity contribution >= 4 is 39.4 Å². The number of nitrogens with zero attached hydrogens (tertiary/aromatic N) is 3. The lowest BCUT2D eigenvalue weighted by atomic mass is 9.86. The first kappa shape index (κ1) is 27.8. The quantitative estimate of drug-likeness (QED) is 0.185. The molecule has 0 saturated heterocycles. The number of carbonyl (C=O) groups excluding carboxylic acids is 1. The molecular formula is C30H36N6O3S. The molecule has 3 atom stereocenters. The van der Waals surface area contributed by atoms with E-state index in [0.717, 1.165) is 50.7 Å². The van der Waals surface area contributed by atoms with Crippen LogP contribution < -0.4 is 16.0 Å². The monoisotopic (exact) mass is 560 g/mol. The molecule has 10 heteroatoms. The van der Waals surface area contributed by atoms with Gasteiger partial charge in [-0.05, 0) is 56.2 Å². The number of anilines is 2. The van der Waals surface area contributed by atoms with E-state index in [1.165, 1.54) is 0 Å². The minimum atomic E-state index is -0.474. The van der Waals surface area contributed by atoms with Gasteiger partial charge in [-0.2, -0.15) is 4.98 Å². The van der Waals surface area contributed by atoms with Crippen molar-refractivity contribution in [1.82, 2.24) is 20.3 Å². The second kappa shape index (κ2) is 12.2. The molecule has 210 valence electrons. The highest BCUT2D eigenvalue weighted by atomic mass is 32.1. The molecule has 0 aliphatic heterocycles. The lowest BCUT2D eigenvalue weighted by Gasteiger charge is -2.34. The normalized spacial score (nSPS) is 20.4. The van der Waals surface area contributed by atoms with Crippen LogP contribution in [0.5, 0.6) is 0 Å². The van der Waals surface area contributed by atoms with Crippen molar-refractivity contribution in [3.8, 4) is 10.6 Å². The third-order valence-corrected chi connectivity index (χ3v) is 8.93. The van der Waals surface area contributed by atoms with E-state index in [0.29, 0.717) is 19.0 Å². The van der Waals surface area contributed by atoms with E-state index in [2.05, 4.69) is 35.9 Å². The number of hydrogen-bond acceptors (Lipinski definition) is 9. The van der Waals surface area contributed by atoms with Gasteiger partial charge in [-0.3, -0.25) is 0 Å². The maximum Gasteiger partial charge on any atom is 0.407 e. The zero-order valence-electron chi connectivity index (χ0n) is 23.1. The highest BCUT2D eigenvalue weighted by molar-refractivity contribution is 7.21. The summed E-state index contributed by atoms with van der Waals surface area (Å²) in [5.41, 5.74) is 3.34. The number of thiazole rings is 1. The number of nitrogens with one attached hydrogen (secondary N) is 3. The molecule has 1 aliphatic carbocycles. The van der Waals surface area contributed by atoms with Gasteiger partial charge in [0.2, 0.25) is 5.95 Å². The lowest BCUT2D eigenvalue weighted by molar-refractivity contribution is 0.140. The molecule has 2 aromatic heterocycles. The molecule has 1 saturated carbocycles. The summed E-state index contributed by atoms with van der Waals surface area (Å²) < 4.78 is 6.39. The Morgan fingerprint density at radius 1 is 1.10 bits per heavy atom. The fourth-order valence-corrected chi connectivity index (χ4v) is 6.33. The maximum absolute atomic E-state index is 12.1. The van der Waals surface area contributed by atoms with E-state index in [4.69, 9.17) is 19.7 Å². The molecule has 5 rings (SSSR count). The van der Waals surface area contributed by atoms with Crippen LogP contribution in [0.1, 0.15) is 37.9 Å². The number of alkyl carbamates (subject to hydrolysis) is 1. The van der Waals surface area contributed by atoms with Crippen LogP contribution in [0.3, 0.4) is 0 Å². The average molecular weight is 561 g/mol. The fraction of sp³-hybridized carbons (Fsp3) is 0.400. The molecule has 0 unspecified atom stereocenters. The molecule has 2 heterocycles. The Kier molecular flexibility index (Phi) is 8.46. The van der Waals surface area contributed by atoms with Crippen molar-refractivity contribution in [2.24, 2.45) is 11.8 Å². The Bertz CT molecular complexity index is 1430. The molecule has 0 bridgehead atoms. The zero-order chi connectivity index (χ0) is 28.1. The summed E-state index contributed by atoms with van der Waals surface area (Å²) in [6.45, 7) is 7.54. The number of benzene rings is 2. The summed E-state index contributed by atoms with van der Waals surface area (Å²) in [6, 6.07) is 17.7. The summed E-state index contributed by atoms with van der Waals surface area (Å²) in [6.07, 6.45) is 1.41. The van der Waals surface area contributed by atoms with Gasteiger partial charge in [0, 0.05) is 25.2 Å². The van der Waals surface area contributed by atoms with Gasteiger partial charge < -0.3 is 25.8 Å². The van der Waals surface area contributed by atoms with E-state index < -0.39 is 6.09 Å². The molecule has 2 aromatic carbocycles. The van der Waals surface area contributed by atoms with E-state index in [9.17, 15) is 9.90 Å². The molecule has 0 radical (unpaired) electrons. The van der Waals surface area contributed by atoms with Gasteiger partial charge in [0.25, 0.3) is 0 Å². The van der Waals surface area contributed by atoms with Crippen LogP contribution in [-0.2, 0) is 11.3 Å². The SMILES string of the molecule is Cc1nc(NCCNC(=O)OCc2ccccc2)nc(N[C@@]2(C)CC[C@H](CO)[C@H]2C)c1-c1nc2ccccc2s1. The number of carbonyl (C=O) groups is 1. The van der Waals surface area contributed by atoms with Gasteiger partial charge in [0.15, 0.2) is 0 Å². The Labute approximate surface area is 238 Å². The number of ether oxygens (including phenoxy) is 1. The van der Waals surface area contributed by atoms with E-state index in [1.807, 2.05) is 55.5 Å². The van der Waals surface area contributed by atoms with E-state index in [-0.39, 0.29) is 30.6 Å². The van der Waals surface area contributed by atoms with Crippen LogP contribution in [0, 0.1) is 18.8 Å². The molecule has 9 nitrogen and oxygen atoms in total. The summed E-state index contributed by atoms with van der Waals surface area (Å²) in [5.74, 6) is 1.70. The average Bonchev–Trinajstić information content (AvgIpc) is 3.50. The van der Waals surface area contributed by atoms with Gasteiger partial charge in [-0.1, -0.05) is 49.4 Å². The number of para-hydroxylation sites is 1. The molecular weight excluding hydrogens is 524 g/mol. The number of fused-ring (bicyclic) bond motifs is 1. The van der Waals surface area contributed by atoms with Crippen LogP contribution in [0.15, 0.2) is 54.6 Å². The second-order valence-electron chi connectivity index (χ2n) is 10.6. The Morgan fingerprint density at radius 2 is 1.88 bits per heavy atom. The first-order valence-electron chi connectivity index (χ1n) is 13.7. The standard InChI is InChI=1S/C30H36N6O3S/c1-19-22(17-37)13-14-30(19,3)36-26-25(27-34-23-11-7-8-12-24(23)40-27)20(2)33-28(35-26)31-15-16-32-29(38)39-18-21-9-5-4-6-10-21/h4-12,19,22,37H,13-18H2,1-3H3,(H,32,38)(H2,31,33,35,36)/t19-,22-,30+/m1/s1. The lowest BCUT2D eigenvalue weighted by Crippen LogP contribution is -2.40. The number of amides is 1. The van der Waals surface area contributed by atoms with Crippen LogP contribution in [0.4, 0.5) is 16.6 Å². The number of hydrogen-bond donors (Lipinski definition) is 4. The second-order valence-corrected chi connectivity index (χ2v) is 11.6. The van der Waals surface area contributed by atoms with Crippen LogP contribution in [-0.4, -0.2) is 51.4 Å². The van der Waals surface area contributed by atoms with Crippen molar-refractivity contribution in [1.29, 1.82) is 0 Å². The van der Waals surface area contributed by atoms with Gasteiger partial charge in [0.1, 0.15) is 17.4 Å².